The van der Waals surface area contributed by atoms with Crippen LogP contribution in [0.2, 0.25) is 0 Å². The van der Waals surface area contributed by atoms with Crippen LogP contribution in [0.3, 0.4) is 0 Å². The molecule has 0 aromatic heterocycles. The molecule has 0 aliphatic heterocycles. The van der Waals surface area contributed by atoms with Gasteiger partial charge in [-0.3, -0.25) is 4.79 Å². The van der Waals surface area contributed by atoms with Crippen molar-refractivity contribution < 1.29 is 9.53 Å². The van der Waals surface area contributed by atoms with E-state index in [9.17, 15) is 4.79 Å². The lowest BCUT2D eigenvalue weighted by Gasteiger charge is -2.25. The van der Waals surface area contributed by atoms with Gasteiger partial charge in [0.15, 0.2) is 0 Å². The standard InChI is InChI=1S/C15H24N2O2/c1-4-15(16,5-2)14(18)17-13-10-8-7-9-12(13)11-19-6-3/h7-10H,4-6,11,16H2,1-3H3,(H,17,18). The Labute approximate surface area is 115 Å². The molecule has 0 saturated heterocycles. The van der Waals surface area contributed by atoms with E-state index in [-0.39, 0.29) is 5.91 Å². The maximum atomic E-state index is 12.2. The molecule has 4 nitrogen and oxygen atoms in total. The Balaban J connectivity index is 2.84. The second-order valence-electron chi connectivity index (χ2n) is 4.61. The molecule has 0 radical (unpaired) electrons. The number of rotatable bonds is 7. The molecule has 0 unspecified atom stereocenters. The summed E-state index contributed by atoms with van der Waals surface area (Å²) in [5, 5.41) is 2.92. The molecule has 1 aromatic rings. The van der Waals surface area contributed by atoms with E-state index in [1.807, 2.05) is 45.0 Å². The molecule has 0 atom stereocenters. The lowest BCUT2D eigenvalue weighted by atomic mass is 9.93. The smallest absolute Gasteiger partial charge is 0.244 e. The number of carbonyl (C=O) groups excluding carboxylic acids is 1. The fourth-order valence-corrected chi connectivity index (χ4v) is 1.80. The number of nitrogens with one attached hydrogen (secondary N) is 1. The normalized spacial score (nSPS) is 11.4. The first-order valence-corrected chi connectivity index (χ1v) is 6.83. The van der Waals surface area contributed by atoms with E-state index in [2.05, 4.69) is 5.32 Å². The number of hydrogen-bond acceptors (Lipinski definition) is 3. The van der Waals surface area contributed by atoms with Crippen molar-refractivity contribution in [3.8, 4) is 0 Å². The Hall–Kier alpha value is -1.39. The summed E-state index contributed by atoms with van der Waals surface area (Å²) in [4.78, 5) is 12.2. The minimum Gasteiger partial charge on any atom is -0.377 e. The average Bonchev–Trinajstić information content (AvgIpc) is 2.45. The number of nitrogens with two attached hydrogens (primary N) is 1. The first kappa shape index (κ1) is 15.7. The van der Waals surface area contributed by atoms with E-state index in [4.69, 9.17) is 10.5 Å². The molecule has 19 heavy (non-hydrogen) atoms. The number of hydrogen-bond donors (Lipinski definition) is 2. The van der Waals surface area contributed by atoms with Crippen molar-refractivity contribution in [1.82, 2.24) is 0 Å². The SMILES string of the molecule is CCOCc1ccccc1NC(=O)C(N)(CC)CC. The summed E-state index contributed by atoms with van der Waals surface area (Å²) in [6.45, 7) is 6.93. The summed E-state index contributed by atoms with van der Waals surface area (Å²) < 4.78 is 5.40. The molecule has 0 spiro atoms. The third kappa shape index (κ3) is 4.04. The minimum atomic E-state index is -0.807. The van der Waals surface area contributed by atoms with Crippen LogP contribution < -0.4 is 11.1 Å². The Morgan fingerprint density at radius 2 is 1.89 bits per heavy atom. The molecule has 0 aliphatic carbocycles. The molecular formula is C15H24N2O2. The molecule has 106 valence electrons. The first-order valence-electron chi connectivity index (χ1n) is 6.83. The van der Waals surface area contributed by atoms with E-state index in [1.165, 1.54) is 0 Å². The highest BCUT2D eigenvalue weighted by molar-refractivity contribution is 5.98. The van der Waals surface area contributed by atoms with Gasteiger partial charge in [-0.15, -0.1) is 0 Å². The zero-order valence-corrected chi connectivity index (χ0v) is 12.0. The molecule has 1 aromatic carbocycles. The molecule has 0 saturated carbocycles. The van der Waals surface area contributed by atoms with Gasteiger partial charge in [-0.2, -0.15) is 0 Å². The van der Waals surface area contributed by atoms with Crippen LogP contribution in [0.25, 0.3) is 0 Å². The molecular weight excluding hydrogens is 240 g/mol. The van der Waals surface area contributed by atoms with E-state index in [0.29, 0.717) is 26.1 Å². The number of para-hydroxylation sites is 1. The highest BCUT2D eigenvalue weighted by Crippen LogP contribution is 2.19. The molecule has 0 heterocycles. The van der Waals surface area contributed by atoms with Gasteiger partial charge in [-0.05, 0) is 25.8 Å². The van der Waals surface area contributed by atoms with Crippen molar-refractivity contribution >= 4 is 11.6 Å². The highest BCUT2D eigenvalue weighted by Gasteiger charge is 2.30. The van der Waals surface area contributed by atoms with Crippen molar-refractivity contribution in [2.45, 2.75) is 45.8 Å². The van der Waals surface area contributed by atoms with Crippen molar-refractivity contribution in [1.29, 1.82) is 0 Å². The maximum absolute atomic E-state index is 12.2. The number of anilines is 1. The van der Waals surface area contributed by atoms with E-state index < -0.39 is 5.54 Å². The zero-order chi connectivity index (χ0) is 14.3. The monoisotopic (exact) mass is 264 g/mol. The summed E-state index contributed by atoms with van der Waals surface area (Å²) >= 11 is 0. The number of carbonyl (C=O) groups is 1. The Kier molecular flexibility index (Phi) is 5.99. The summed E-state index contributed by atoms with van der Waals surface area (Å²) in [5.41, 5.74) is 7.03. The summed E-state index contributed by atoms with van der Waals surface area (Å²) in [7, 11) is 0. The third-order valence-corrected chi connectivity index (χ3v) is 3.44. The predicted molar refractivity (Wildman–Crippen MR) is 77.9 cm³/mol. The quantitative estimate of drug-likeness (QED) is 0.795. The lowest BCUT2D eigenvalue weighted by molar-refractivity contribution is -0.121. The van der Waals surface area contributed by atoms with E-state index >= 15 is 0 Å². The molecule has 0 aliphatic rings. The molecule has 1 amide bonds. The van der Waals surface area contributed by atoms with Gasteiger partial charge in [-0.25, -0.2) is 0 Å². The van der Waals surface area contributed by atoms with Crippen LogP contribution in [0.4, 0.5) is 5.69 Å². The highest BCUT2D eigenvalue weighted by atomic mass is 16.5. The fraction of sp³-hybridized carbons (Fsp3) is 0.533. The van der Waals surface area contributed by atoms with Crippen molar-refractivity contribution in [2.75, 3.05) is 11.9 Å². The largest absolute Gasteiger partial charge is 0.377 e. The van der Waals surface area contributed by atoms with Gasteiger partial charge in [-0.1, -0.05) is 32.0 Å². The van der Waals surface area contributed by atoms with Crippen LogP contribution >= 0.6 is 0 Å². The Morgan fingerprint density at radius 3 is 2.47 bits per heavy atom. The van der Waals surface area contributed by atoms with Crippen LogP contribution in [0, 0.1) is 0 Å². The van der Waals surface area contributed by atoms with E-state index in [0.717, 1.165) is 11.3 Å². The van der Waals surface area contributed by atoms with Crippen molar-refractivity contribution in [2.24, 2.45) is 5.73 Å². The summed E-state index contributed by atoms with van der Waals surface area (Å²) in [5.74, 6) is -0.138. The van der Waals surface area contributed by atoms with Gasteiger partial charge in [0.2, 0.25) is 5.91 Å². The summed E-state index contributed by atoms with van der Waals surface area (Å²) in [6, 6.07) is 7.64. The Bertz CT molecular complexity index is 414. The van der Waals surface area contributed by atoms with Gasteiger partial charge < -0.3 is 15.8 Å². The third-order valence-electron chi connectivity index (χ3n) is 3.44. The molecule has 0 fully saturated rings. The zero-order valence-electron chi connectivity index (χ0n) is 12.0. The van der Waals surface area contributed by atoms with Crippen LogP contribution in [0.5, 0.6) is 0 Å². The van der Waals surface area contributed by atoms with E-state index in [1.54, 1.807) is 0 Å². The molecule has 4 heteroatoms. The topological polar surface area (TPSA) is 64.3 Å². The van der Waals surface area contributed by atoms with Crippen LogP contribution in [0.15, 0.2) is 24.3 Å². The molecule has 0 bridgehead atoms. The van der Waals surface area contributed by atoms with Gasteiger partial charge in [0.05, 0.1) is 12.1 Å². The fourth-order valence-electron chi connectivity index (χ4n) is 1.80. The Morgan fingerprint density at radius 1 is 1.26 bits per heavy atom. The average molecular weight is 264 g/mol. The number of amides is 1. The maximum Gasteiger partial charge on any atom is 0.244 e. The van der Waals surface area contributed by atoms with Crippen LogP contribution in [-0.2, 0) is 16.1 Å². The van der Waals surface area contributed by atoms with Crippen LogP contribution in [-0.4, -0.2) is 18.1 Å². The predicted octanol–water partition coefficient (Wildman–Crippen LogP) is 2.68. The number of benzene rings is 1. The van der Waals surface area contributed by atoms with Crippen molar-refractivity contribution in [3.63, 3.8) is 0 Å². The molecule has 1 rings (SSSR count). The minimum absolute atomic E-state index is 0.138. The second-order valence-corrected chi connectivity index (χ2v) is 4.61. The van der Waals surface area contributed by atoms with Gasteiger partial charge in [0.25, 0.3) is 0 Å². The van der Waals surface area contributed by atoms with Gasteiger partial charge in [0, 0.05) is 17.9 Å². The number of ether oxygens (including phenoxy) is 1. The second kappa shape index (κ2) is 7.26. The lowest BCUT2D eigenvalue weighted by Crippen LogP contribution is -2.50. The molecule has 3 N–H and O–H groups in total. The van der Waals surface area contributed by atoms with Crippen molar-refractivity contribution in [3.05, 3.63) is 29.8 Å². The van der Waals surface area contributed by atoms with Gasteiger partial charge in [0.1, 0.15) is 0 Å². The first-order chi connectivity index (χ1) is 9.07. The van der Waals surface area contributed by atoms with Gasteiger partial charge >= 0.3 is 0 Å². The summed E-state index contributed by atoms with van der Waals surface area (Å²) in [6.07, 6.45) is 1.23. The van der Waals surface area contributed by atoms with Crippen LogP contribution in [0.1, 0.15) is 39.2 Å².